The molecule has 2 N–H and O–H groups in total. The number of aromatic amines is 1. The van der Waals surface area contributed by atoms with Crippen molar-refractivity contribution in [2.45, 2.75) is 31.2 Å². The maximum Gasteiger partial charge on any atom is 0.205 e. The second-order valence-corrected chi connectivity index (χ2v) is 8.21. The number of alkyl halides is 1. The van der Waals surface area contributed by atoms with E-state index in [0.29, 0.717) is 22.1 Å². The Labute approximate surface area is 181 Å². The van der Waals surface area contributed by atoms with Crippen molar-refractivity contribution in [3.63, 3.8) is 0 Å². The third-order valence-corrected chi connectivity index (χ3v) is 5.85. The van der Waals surface area contributed by atoms with Crippen molar-refractivity contribution in [1.29, 1.82) is 0 Å². The summed E-state index contributed by atoms with van der Waals surface area (Å²) in [6.45, 7) is 0.209. The fraction of sp³-hybridized carbons (Fsp3) is 0.476. The van der Waals surface area contributed by atoms with Gasteiger partial charge in [-0.15, -0.1) is 0 Å². The Morgan fingerprint density at radius 1 is 1.33 bits per heavy atom. The molecular formula is C21H23BrF2N2O4. The molecule has 1 fully saturated rings. The first-order valence-electron chi connectivity index (χ1n) is 9.90. The van der Waals surface area contributed by atoms with Crippen molar-refractivity contribution in [3.8, 4) is 0 Å². The molecule has 0 spiro atoms. The van der Waals surface area contributed by atoms with E-state index in [-0.39, 0.29) is 30.8 Å². The van der Waals surface area contributed by atoms with Gasteiger partial charge in [0.15, 0.2) is 6.29 Å². The smallest absolute Gasteiger partial charge is 0.205 e. The maximum atomic E-state index is 16.6. The molecule has 0 radical (unpaired) electrons. The van der Waals surface area contributed by atoms with E-state index in [2.05, 4.69) is 25.9 Å². The SMILES string of the molecule is OCC1C(F)=CC=C(OCCOC2CCCCO2)C1(F)c1c[nH]c2ncc(Br)cc12. The normalized spacial score (nSPS) is 27.1. The predicted octanol–water partition coefficient (Wildman–Crippen LogP) is 4.41. The number of hydrogen-bond acceptors (Lipinski definition) is 5. The summed E-state index contributed by atoms with van der Waals surface area (Å²) in [7, 11) is 0. The highest BCUT2D eigenvalue weighted by Gasteiger charge is 2.51. The summed E-state index contributed by atoms with van der Waals surface area (Å²) >= 11 is 3.33. The molecule has 2 aliphatic rings. The fourth-order valence-electron chi connectivity index (χ4n) is 3.89. The number of aromatic nitrogens is 2. The molecule has 162 valence electrons. The van der Waals surface area contributed by atoms with Crippen LogP contribution in [0.4, 0.5) is 8.78 Å². The van der Waals surface area contributed by atoms with E-state index in [1.54, 1.807) is 12.3 Å². The van der Waals surface area contributed by atoms with Gasteiger partial charge in [-0.2, -0.15) is 0 Å². The first-order valence-corrected chi connectivity index (χ1v) is 10.7. The van der Waals surface area contributed by atoms with Gasteiger partial charge in [-0.3, -0.25) is 0 Å². The van der Waals surface area contributed by atoms with Crippen molar-refractivity contribution in [1.82, 2.24) is 9.97 Å². The number of pyridine rings is 1. The van der Waals surface area contributed by atoms with E-state index >= 15 is 4.39 Å². The lowest BCUT2D eigenvalue weighted by Gasteiger charge is -2.35. The lowest BCUT2D eigenvalue weighted by atomic mass is 9.78. The lowest BCUT2D eigenvalue weighted by Crippen LogP contribution is -2.38. The molecule has 1 saturated heterocycles. The molecule has 3 atom stereocenters. The first-order chi connectivity index (χ1) is 14.5. The van der Waals surface area contributed by atoms with Gasteiger partial charge in [-0.25, -0.2) is 13.8 Å². The minimum absolute atomic E-state index is 0.0648. The molecule has 6 nitrogen and oxygen atoms in total. The summed E-state index contributed by atoms with van der Waals surface area (Å²) in [5.41, 5.74) is -1.80. The van der Waals surface area contributed by atoms with Crippen LogP contribution in [0.2, 0.25) is 0 Å². The Kier molecular flexibility index (Phi) is 6.52. The van der Waals surface area contributed by atoms with Crippen LogP contribution in [-0.2, 0) is 19.9 Å². The number of allylic oxidation sites excluding steroid dienone is 3. The summed E-state index contributed by atoms with van der Waals surface area (Å²) in [6, 6.07) is 1.70. The van der Waals surface area contributed by atoms with Gasteiger partial charge < -0.3 is 24.3 Å². The van der Waals surface area contributed by atoms with Crippen LogP contribution in [0.1, 0.15) is 24.8 Å². The Hall–Kier alpha value is -1.81. The average molecular weight is 485 g/mol. The van der Waals surface area contributed by atoms with Crippen molar-refractivity contribution in [3.05, 3.63) is 52.2 Å². The number of aliphatic hydroxyl groups excluding tert-OH is 1. The third kappa shape index (κ3) is 4.03. The Morgan fingerprint density at radius 2 is 2.20 bits per heavy atom. The van der Waals surface area contributed by atoms with Gasteiger partial charge in [-0.1, -0.05) is 0 Å². The number of halogens is 3. The number of hydrogen-bond donors (Lipinski definition) is 2. The van der Waals surface area contributed by atoms with Gasteiger partial charge in [0.05, 0.1) is 19.1 Å². The van der Waals surface area contributed by atoms with Crippen LogP contribution in [-0.4, -0.2) is 47.8 Å². The van der Waals surface area contributed by atoms with E-state index in [1.807, 2.05) is 0 Å². The van der Waals surface area contributed by atoms with Crippen LogP contribution >= 0.6 is 15.9 Å². The van der Waals surface area contributed by atoms with Crippen LogP contribution in [0.25, 0.3) is 11.0 Å². The molecule has 2 aromatic heterocycles. The number of rotatable bonds is 7. The van der Waals surface area contributed by atoms with Crippen molar-refractivity contribution in [2.75, 3.05) is 26.4 Å². The van der Waals surface area contributed by atoms with Crippen molar-refractivity contribution < 1.29 is 28.1 Å². The molecule has 0 bridgehead atoms. The van der Waals surface area contributed by atoms with Gasteiger partial charge in [-0.05, 0) is 53.4 Å². The highest BCUT2D eigenvalue weighted by atomic mass is 79.9. The monoisotopic (exact) mass is 484 g/mol. The maximum absolute atomic E-state index is 16.6. The topological polar surface area (TPSA) is 76.6 Å². The molecule has 0 saturated carbocycles. The number of H-pyrrole nitrogens is 1. The van der Waals surface area contributed by atoms with Gasteiger partial charge in [0.2, 0.25) is 5.67 Å². The zero-order valence-corrected chi connectivity index (χ0v) is 17.8. The van der Waals surface area contributed by atoms with Crippen LogP contribution in [0, 0.1) is 5.92 Å². The van der Waals surface area contributed by atoms with E-state index < -0.39 is 24.0 Å². The molecule has 0 amide bonds. The Balaban J connectivity index is 1.58. The highest BCUT2D eigenvalue weighted by Crippen LogP contribution is 2.49. The molecular weight excluding hydrogens is 462 g/mol. The van der Waals surface area contributed by atoms with E-state index in [4.69, 9.17) is 14.2 Å². The molecule has 1 aliphatic heterocycles. The molecule has 1 aliphatic carbocycles. The fourth-order valence-corrected chi connectivity index (χ4v) is 4.23. The summed E-state index contributed by atoms with van der Waals surface area (Å²) in [6.07, 6.45) is 8.00. The van der Waals surface area contributed by atoms with Gasteiger partial charge in [0, 0.05) is 34.4 Å². The highest BCUT2D eigenvalue weighted by molar-refractivity contribution is 9.10. The van der Waals surface area contributed by atoms with E-state index in [1.165, 1.54) is 12.3 Å². The zero-order chi connectivity index (χ0) is 21.1. The standard InChI is InChI=1S/C21H23BrF2N2O4/c22-13-9-14-15(11-26-20(14)25-10-13)21(24)16(12-27)17(23)4-5-18(21)28-7-8-30-19-3-1-2-6-29-19/h4-5,9-11,16,19,27H,1-3,6-8,12H2,(H,25,26). The molecule has 4 rings (SSSR count). The predicted molar refractivity (Wildman–Crippen MR) is 110 cm³/mol. The molecule has 30 heavy (non-hydrogen) atoms. The summed E-state index contributed by atoms with van der Waals surface area (Å²) in [5, 5.41) is 10.3. The molecule has 3 heterocycles. The largest absolute Gasteiger partial charge is 0.492 e. The molecule has 9 heteroatoms. The quantitative estimate of drug-likeness (QED) is 0.569. The molecule has 3 unspecified atom stereocenters. The second kappa shape index (κ2) is 9.13. The first kappa shape index (κ1) is 21.4. The van der Waals surface area contributed by atoms with E-state index in [0.717, 1.165) is 25.3 Å². The summed E-state index contributed by atoms with van der Waals surface area (Å²) in [5.74, 6) is -2.27. The number of nitrogens with zero attached hydrogens (tertiary/aromatic N) is 1. The number of ether oxygens (including phenoxy) is 3. The minimum Gasteiger partial charge on any atom is -0.492 e. The average Bonchev–Trinajstić information content (AvgIpc) is 3.17. The lowest BCUT2D eigenvalue weighted by molar-refractivity contribution is -0.168. The van der Waals surface area contributed by atoms with Crippen LogP contribution in [0.3, 0.4) is 0 Å². The molecule has 0 aromatic carbocycles. The Morgan fingerprint density at radius 3 is 2.97 bits per heavy atom. The van der Waals surface area contributed by atoms with Gasteiger partial charge in [0.25, 0.3) is 0 Å². The van der Waals surface area contributed by atoms with Gasteiger partial charge in [0.1, 0.15) is 23.8 Å². The minimum atomic E-state index is -2.41. The zero-order valence-electron chi connectivity index (χ0n) is 16.2. The summed E-state index contributed by atoms with van der Waals surface area (Å²) < 4.78 is 48.6. The third-order valence-electron chi connectivity index (χ3n) is 5.42. The van der Waals surface area contributed by atoms with Crippen LogP contribution in [0.5, 0.6) is 0 Å². The Bertz CT molecular complexity index is 958. The number of nitrogens with one attached hydrogen (secondary N) is 1. The summed E-state index contributed by atoms with van der Waals surface area (Å²) in [4.78, 5) is 7.12. The van der Waals surface area contributed by atoms with E-state index in [9.17, 15) is 9.50 Å². The molecule has 2 aromatic rings. The number of fused-ring (bicyclic) bond motifs is 1. The van der Waals surface area contributed by atoms with Gasteiger partial charge >= 0.3 is 0 Å². The second-order valence-electron chi connectivity index (χ2n) is 7.30. The van der Waals surface area contributed by atoms with Crippen molar-refractivity contribution >= 4 is 27.0 Å². The number of aliphatic hydroxyl groups is 1. The van der Waals surface area contributed by atoms with Crippen molar-refractivity contribution in [2.24, 2.45) is 5.92 Å². The van der Waals surface area contributed by atoms with Crippen LogP contribution < -0.4 is 0 Å². The van der Waals surface area contributed by atoms with Crippen LogP contribution in [0.15, 0.2) is 46.7 Å².